The molecule has 0 radical (unpaired) electrons. The lowest BCUT2D eigenvalue weighted by Gasteiger charge is -2.27. The van der Waals surface area contributed by atoms with Crippen molar-refractivity contribution in [3.63, 3.8) is 0 Å². The number of hydrogen-bond donors (Lipinski definition) is 1. The highest BCUT2D eigenvalue weighted by atomic mass is 32.1. The van der Waals surface area contributed by atoms with E-state index in [-0.39, 0.29) is 11.4 Å². The number of carbonyl (C=O) groups is 1. The molecule has 2 aromatic rings. The molecular weight excluding hydrogens is 312 g/mol. The van der Waals surface area contributed by atoms with Crippen molar-refractivity contribution in [2.75, 3.05) is 0 Å². The van der Waals surface area contributed by atoms with Crippen molar-refractivity contribution in [2.45, 2.75) is 19.4 Å². The molecule has 0 amide bonds. The molecule has 1 aliphatic heterocycles. The van der Waals surface area contributed by atoms with Crippen LogP contribution in [0.15, 0.2) is 46.9 Å². The molecule has 2 N–H and O–H groups in total. The monoisotopic (exact) mass is 328 g/mol. The Morgan fingerprint density at radius 1 is 1.35 bits per heavy atom. The average Bonchev–Trinajstić information content (AvgIpc) is 3.05. The second-order valence-electron chi connectivity index (χ2n) is 5.62. The highest BCUT2D eigenvalue weighted by Crippen LogP contribution is 2.31. The molecule has 1 aliphatic rings. The third-order valence-electron chi connectivity index (χ3n) is 3.29. The molecular formula is C17H16N2O3S. The lowest BCUT2D eigenvalue weighted by Crippen LogP contribution is -2.27. The molecule has 0 spiro atoms. The summed E-state index contributed by atoms with van der Waals surface area (Å²) < 4.78 is 5.85. The number of rotatable bonds is 3. The number of benzene rings is 1. The molecule has 0 atom stereocenters. The smallest absolute Gasteiger partial charge is 0.375 e. The highest BCUT2D eigenvalue weighted by molar-refractivity contribution is 7.11. The predicted molar refractivity (Wildman–Crippen MR) is 90.6 cm³/mol. The maximum atomic E-state index is 11.7. The minimum Gasteiger partial charge on any atom is -0.483 e. The quantitative estimate of drug-likeness (QED) is 0.405. The fourth-order valence-electron chi connectivity index (χ4n) is 2.12. The molecule has 0 aliphatic carbocycles. The molecule has 118 valence electrons. The first-order chi connectivity index (χ1) is 10.9. The highest BCUT2D eigenvalue weighted by Gasteiger charge is 2.21. The van der Waals surface area contributed by atoms with Crippen molar-refractivity contribution < 1.29 is 14.4 Å². The molecule has 3 rings (SSSR count). The Hall–Kier alpha value is -2.60. The Labute approximate surface area is 138 Å². The Balaban J connectivity index is 1.77. The average molecular weight is 328 g/mol. The summed E-state index contributed by atoms with van der Waals surface area (Å²) in [4.78, 5) is 17.1. The maximum Gasteiger partial charge on any atom is 0.375 e. The van der Waals surface area contributed by atoms with Crippen molar-refractivity contribution in [2.24, 2.45) is 10.9 Å². The van der Waals surface area contributed by atoms with E-state index in [1.165, 1.54) is 11.3 Å². The van der Waals surface area contributed by atoms with Crippen LogP contribution in [0.4, 0.5) is 0 Å². The van der Waals surface area contributed by atoms with E-state index in [0.29, 0.717) is 10.4 Å². The fraction of sp³-hybridized carbons (Fsp3) is 0.176. The van der Waals surface area contributed by atoms with Gasteiger partial charge >= 0.3 is 5.97 Å². The summed E-state index contributed by atoms with van der Waals surface area (Å²) in [5, 5.41) is 5.51. The molecule has 23 heavy (non-hydrogen) atoms. The van der Waals surface area contributed by atoms with Gasteiger partial charge < -0.3 is 15.3 Å². The number of amidine groups is 1. The van der Waals surface area contributed by atoms with Crippen molar-refractivity contribution in [1.29, 1.82) is 0 Å². The van der Waals surface area contributed by atoms with Crippen LogP contribution >= 0.6 is 11.3 Å². The van der Waals surface area contributed by atoms with Gasteiger partial charge in [-0.05, 0) is 49.6 Å². The summed E-state index contributed by atoms with van der Waals surface area (Å²) in [6, 6.07) is 8.90. The number of thiophene rings is 1. The minimum absolute atomic E-state index is 0.135. The molecule has 0 bridgehead atoms. The van der Waals surface area contributed by atoms with E-state index in [2.05, 4.69) is 5.16 Å². The summed E-state index contributed by atoms with van der Waals surface area (Å²) >= 11 is 1.29. The van der Waals surface area contributed by atoms with E-state index in [1.54, 1.807) is 23.6 Å². The zero-order chi connectivity index (χ0) is 16.4. The largest absolute Gasteiger partial charge is 0.483 e. The number of nitrogens with two attached hydrogens (primary N) is 1. The number of oxime groups is 1. The third-order valence-corrected chi connectivity index (χ3v) is 4.14. The van der Waals surface area contributed by atoms with Crippen molar-refractivity contribution >= 4 is 29.2 Å². The van der Waals surface area contributed by atoms with Gasteiger partial charge in [-0.3, -0.25) is 0 Å². The van der Waals surface area contributed by atoms with E-state index in [1.807, 2.05) is 38.1 Å². The number of nitrogens with zero attached hydrogens (tertiary/aromatic N) is 1. The van der Waals surface area contributed by atoms with Gasteiger partial charge in [0.2, 0.25) is 0 Å². The van der Waals surface area contributed by atoms with Gasteiger partial charge in [-0.1, -0.05) is 17.3 Å². The van der Waals surface area contributed by atoms with Gasteiger partial charge in [0.25, 0.3) is 0 Å². The molecule has 0 saturated heterocycles. The first kappa shape index (κ1) is 15.3. The first-order valence-electron chi connectivity index (χ1n) is 7.06. The molecule has 0 fully saturated rings. The summed E-state index contributed by atoms with van der Waals surface area (Å²) in [7, 11) is 0. The van der Waals surface area contributed by atoms with Gasteiger partial charge in [-0.15, -0.1) is 11.3 Å². The van der Waals surface area contributed by atoms with E-state index in [9.17, 15) is 4.79 Å². The van der Waals surface area contributed by atoms with Gasteiger partial charge in [-0.25, -0.2) is 4.79 Å². The molecule has 1 aromatic heterocycles. The standard InChI is InChI=1S/C17H16N2O3S/c1-17(2)8-7-11-10-12(5-6-13(11)21-17)15(18)19-22-16(20)14-4-3-9-23-14/h3-10H,1-2H3,(H2,18,19). The van der Waals surface area contributed by atoms with Crippen LogP contribution in [0.5, 0.6) is 5.75 Å². The molecule has 2 heterocycles. The van der Waals surface area contributed by atoms with Crippen molar-refractivity contribution in [1.82, 2.24) is 0 Å². The number of fused-ring (bicyclic) bond motifs is 1. The van der Waals surface area contributed by atoms with Crippen LogP contribution in [0.1, 0.15) is 34.6 Å². The normalized spacial score (nSPS) is 15.7. The molecule has 1 aromatic carbocycles. The van der Waals surface area contributed by atoms with Crippen LogP contribution in [-0.2, 0) is 4.84 Å². The molecule has 5 nitrogen and oxygen atoms in total. The first-order valence-corrected chi connectivity index (χ1v) is 7.93. The van der Waals surface area contributed by atoms with E-state index in [4.69, 9.17) is 15.3 Å². The van der Waals surface area contributed by atoms with Gasteiger partial charge in [0.05, 0.1) is 0 Å². The second-order valence-corrected chi connectivity index (χ2v) is 6.57. The molecule has 0 saturated carbocycles. The van der Waals surface area contributed by atoms with Gasteiger partial charge in [0.1, 0.15) is 16.2 Å². The van der Waals surface area contributed by atoms with Gasteiger partial charge in [0, 0.05) is 11.1 Å². The van der Waals surface area contributed by atoms with E-state index >= 15 is 0 Å². The van der Waals surface area contributed by atoms with Crippen molar-refractivity contribution in [3.05, 3.63) is 57.8 Å². The summed E-state index contributed by atoms with van der Waals surface area (Å²) in [5.74, 6) is 0.395. The Morgan fingerprint density at radius 3 is 2.91 bits per heavy atom. The molecule has 6 heteroatoms. The van der Waals surface area contributed by atoms with E-state index in [0.717, 1.165) is 11.3 Å². The predicted octanol–water partition coefficient (Wildman–Crippen LogP) is 3.41. The zero-order valence-corrected chi connectivity index (χ0v) is 13.6. The summed E-state index contributed by atoms with van der Waals surface area (Å²) in [6.07, 6.45) is 3.95. The number of hydrogen-bond acceptors (Lipinski definition) is 5. The van der Waals surface area contributed by atoms with Gasteiger partial charge in [0.15, 0.2) is 5.84 Å². The SMILES string of the molecule is CC1(C)C=Cc2cc(/C(N)=N/OC(=O)c3cccs3)ccc2O1. The Kier molecular flexibility index (Phi) is 3.92. The van der Waals surface area contributed by atoms with Crippen LogP contribution in [0.25, 0.3) is 6.08 Å². The van der Waals surface area contributed by atoms with E-state index < -0.39 is 5.97 Å². The Morgan fingerprint density at radius 2 is 2.17 bits per heavy atom. The lowest BCUT2D eigenvalue weighted by molar-refractivity contribution is 0.0522. The van der Waals surface area contributed by atoms with Crippen LogP contribution in [0.2, 0.25) is 0 Å². The Bertz CT molecular complexity index is 792. The maximum absolute atomic E-state index is 11.7. The topological polar surface area (TPSA) is 73.9 Å². The second kappa shape index (κ2) is 5.89. The number of carbonyl (C=O) groups excluding carboxylic acids is 1. The fourth-order valence-corrected chi connectivity index (χ4v) is 2.72. The minimum atomic E-state index is -0.522. The van der Waals surface area contributed by atoms with Gasteiger partial charge in [-0.2, -0.15) is 0 Å². The van der Waals surface area contributed by atoms with Crippen LogP contribution in [-0.4, -0.2) is 17.4 Å². The summed E-state index contributed by atoms with van der Waals surface area (Å²) in [6.45, 7) is 3.97. The van der Waals surface area contributed by atoms with Crippen LogP contribution in [0.3, 0.4) is 0 Å². The summed E-state index contributed by atoms with van der Waals surface area (Å²) in [5.41, 5.74) is 7.14. The third kappa shape index (κ3) is 3.43. The van der Waals surface area contributed by atoms with Crippen LogP contribution < -0.4 is 10.5 Å². The number of ether oxygens (including phenoxy) is 1. The van der Waals surface area contributed by atoms with Crippen LogP contribution in [0, 0.1) is 0 Å². The lowest BCUT2D eigenvalue weighted by atomic mass is 10.0. The molecule has 0 unspecified atom stereocenters. The zero-order valence-electron chi connectivity index (χ0n) is 12.8. The van der Waals surface area contributed by atoms with Crippen molar-refractivity contribution in [3.8, 4) is 5.75 Å².